The number of aromatic nitrogens is 1. The summed E-state index contributed by atoms with van der Waals surface area (Å²) in [5.74, 6) is -0.911. The molecule has 0 aliphatic heterocycles. The molecule has 0 radical (unpaired) electrons. The molecule has 2 rings (SSSR count). The average molecular weight is 275 g/mol. The highest BCUT2D eigenvalue weighted by atomic mass is 19.4. The summed E-state index contributed by atoms with van der Waals surface area (Å²) in [6.45, 7) is 1.04. The minimum atomic E-state index is -4.70. The van der Waals surface area contributed by atoms with E-state index in [-0.39, 0.29) is 16.7 Å². The Morgan fingerprint density at radius 2 is 1.89 bits per heavy atom. The SMILES string of the molecule is COc1cc(F)cc2c(=O)c(C)c(C(F)(F)F)[nH]c12. The zero-order valence-corrected chi connectivity index (χ0v) is 9.98. The van der Waals surface area contributed by atoms with Gasteiger partial charge in [-0.05, 0) is 13.0 Å². The van der Waals surface area contributed by atoms with Crippen molar-refractivity contribution in [3.8, 4) is 5.75 Å². The molecule has 1 heterocycles. The van der Waals surface area contributed by atoms with Crippen LogP contribution in [0.4, 0.5) is 17.6 Å². The van der Waals surface area contributed by atoms with Gasteiger partial charge in [0.25, 0.3) is 0 Å². The lowest BCUT2D eigenvalue weighted by Gasteiger charge is -2.13. The van der Waals surface area contributed by atoms with Crippen LogP contribution in [0, 0.1) is 12.7 Å². The topological polar surface area (TPSA) is 42.1 Å². The second-order valence-electron chi connectivity index (χ2n) is 3.98. The molecule has 0 aliphatic carbocycles. The van der Waals surface area contributed by atoms with Crippen molar-refractivity contribution in [2.45, 2.75) is 13.1 Å². The molecule has 0 fully saturated rings. The van der Waals surface area contributed by atoms with Crippen molar-refractivity contribution in [1.82, 2.24) is 4.98 Å². The standard InChI is InChI=1S/C12H9F4NO2/c1-5-10(18)7-3-6(13)4-8(19-2)9(7)17-11(5)12(14,15)16/h3-4H,1-2H3,(H,17,18). The molecule has 102 valence electrons. The van der Waals surface area contributed by atoms with E-state index >= 15 is 0 Å². The third-order valence-corrected chi connectivity index (χ3v) is 2.78. The predicted octanol–water partition coefficient (Wildman–Crippen LogP) is 3.00. The number of methoxy groups -OCH3 is 1. The van der Waals surface area contributed by atoms with E-state index in [4.69, 9.17) is 4.74 Å². The molecule has 0 saturated carbocycles. The van der Waals surface area contributed by atoms with Crippen LogP contribution < -0.4 is 10.2 Å². The first kappa shape index (κ1) is 13.4. The van der Waals surface area contributed by atoms with Gasteiger partial charge in [0.15, 0.2) is 5.43 Å². The molecule has 0 saturated heterocycles. The number of nitrogens with one attached hydrogen (secondary N) is 1. The Balaban J connectivity index is 2.97. The molecule has 0 unspecified atom stereocenters. The van der Waals surface area contributed by atoms with Crippen molar-refractivity contribution in [1.29, 1.82) is 0 Å². The van der Waals surface area contributed by atoms with E-state index in [0.717, 1.165) is 19.1 Å². The van der Waals surface area contributed by atoms with Crippen LogP contribution in [0.5, 0.6) is 5.75 Å². The summed E-state index contributed by atoms with van der Waals surface area (Å²) in [6.07, 6.45) is -4.70. The van der Waals surface area contributed by atoms with Crippen molar-refractivity contribution in [2.75, 3.05) is 7.11 Å². The number of aromatic amines is 1. The maximum atomic E-state index is 13.3. The van der Waals surface area contributed by atoms with Crippen LogP contribution in [0.15, 0.2) is 16.9 Å². The smallest absolute Gasteiger partial charge is 0.431 e. The average Bonchev–Trinajstić information content (AvgIpc) is 2.31. The summed E-state index contributed by atoms with van der Waals surface area (Å²) in [5.41, 5.74) is -2.71. The number of H-pyrrole nitrogens is 1. The summed E-state index contributed by atoms with van der Waals surface area (Å²) in [7, 11) is 1.18. The molecule has 0 aliphatic rings. The third-order valence-electron chi connectivity index (χ3n) is 2.78. The number of hydrogen-bond donors (Lipinski definition) is 1. The Labute approximate surface area is 104 Å². The Bertz CT molecular complexity index is 703. The van der Waals surface area contributed by atoms with Gasteiger partial charge in [-0.1, -0.05) is 0 Å². The second-order valence-corrected chi connectivity index (χ2v) is 3.98. The van der Waals surface area contributed by atoms with Crippen molar-refractivity contribution in [2.24, 2.45) is 0 Å². The predicted molar refractivity (Wildman–Crippen MR) is 60.8 cm³/mol. The number of pyridine rings is 1. The van der Waals surface area contributed by atoms with E-state index in [1.807, 2.05) is 0 Å². The number of alkyl halides is 3. The van der Waals surface area contributed by atoms with Crippen molar-refractivity contribution in [3.05, 3.63) is 39.4 Å². The minimum absolute atomic E-state index is 0.155. The number of fused-ring (bicyclic) bond motifs is 1. The van der Waals surface area contributed by atoms with Gasteiger partial charge in [0.1, 0.15) is 17.3 Å². The molecule has 0 amide bonds. The van der Waals surface area contributed by atoms with E-state index in [1.165, 1.54) is 7.11 Å². The molecular weight excluding hydrogens is 266 g/mol. The zero-order chi connectivity index (χ0) is 14.4. The molecule has 1 N–H and O–H groups in total. The number of ether oxygens (including phenoxy) is 1. The molecular formula is C12H9F4NO2. The summed E-state index contributed by atoms with van der Waals surface area (Å²) in [4.78, 5) is 14.0. The highest BCUT2D eigenvalue weighted by Gasteiger charge is 2.35. The summed E-state index contributed by atoms with van der Waals surface area (Å²) >= 11 is 0. The first-order valence-electron chi connectivity index (χ1n) is 5.23. The fraction of sp³-hybridized carbons (Fsp3) is 0.250. The van der Waals surface area contributed by atoms with Crippen LogP contribution in [0.3, 0.4) is 0 Å². The molecule has 2 aromatic rings. The van der Waals surface area contributed by atoms with E-state index < -0.39 is 28.7 Å². The van der Waals surface area contributed by atoms with Gasteiger partial charge in [0.2, 0.25) is 0 Å². The lowest BCUT2D eigenvalue weighted by Crippen LogP contribution is -2.19. The van der Waals surface area contributed by atoms with Gasteiger partial charge in [0.05, 0.1) is 18.0 Å². The van der Waals surface area contributed by atoms with Crippen molar-refractivity contribution >= 4 is 10.9 Å². The highest BCUT2D eigenvalue weighted by Crippen LogP contribution is 2.32. The van der Waals surface area contributed by atoms with Gasteiger partial charge in [-0.15, -0.1) is 0 Å². The van der Waals surface area contributed by atoms with Crippen molar-refractivity contribution in [3.63, 3.8) is 0 Å². The van der Waals surface area contributed by atoms with Crippen LogP contribution in [-0.2, 0) is 6.18 Å². The summed E-state index contributed by atoms with van der Waals surface area (Å²) in [5, 5.41) is -0.178. The van der Waals surface area contributed by atoms with Crippen LogP contribution in [0.1, 0.15) is 11.3 Å². The maximum absolute atomic E-state index is 13.3. The Morgan fingerprint density at radius 1 is 1.26 bits per heavy atom. The first-order valence-corrected chi connectivity index (χ1v) is 5.23. The number of hydrogen-bond acceptors (Lipinski definition) is 2. The van der Waals surface area contributed by atoms with Gasteiger partial charge in [-0.3, -0.25) is 4.79 Å². The molecule has 1 aromatic carbocycles. The van der Waals surface area contributed by atoms with Gasteiger partial charge in [0, 0.05) is 11.6 Å². The van der Waals surface area contributed by atoms with Gasteiger partial charge >= 0.3 is 6.18 Å². The Morgan fingerprint density at radius 3 is 2.42 bits per heavy atom. The van der Waals surface area contributed by atoms with Gasteiger partial charge in [-0.2, -0.15) is 13.2 Å². The van der Waals surface area contributed by atoms with E-state index in [9.17, 15) is 22.4 Å². The fourth-order valence-corrected chi connectivity index (χ4v) is 1.87. The largest absolute Gasteiger partial charge is 0.494 e. The molecule has 0 atom stereocenters. The van der Waals surface area contributed by atoms with Crippen LogP contribution in [0.25, 0.3) is 10.9 Å². The van der Waals surface area contributed by atoms with E-state index in [2.05, 4.69) is 4.98 Å². The van der Waals surface area contributed by atoms with Gasteiger partial charge < -0.3 is 9.72 Å². The van der Waals surface area contributed by atoms with Crippen LogP contribution >= 0.6 is 0 Å². The molecule has 0 spiro atoms. The summed E-state index contributed by atoms with van der Waals surface area (Å²) in [6, 6.07) is 1.79. The second kappa shape index (κ2) is 4.25. The first-order chi connectivity index (χ1) is 8.75. The molecule has 19 heavy (non-hydrogen) atoms. The van der Waals surface area contributed by atoms with Crippen molar-refractivity contribution < 1.29 is 22.3 Å². The third kappa shape index (κ3) is 2.16. The minimum Gasteiger partial charge on any atom is -0.494 e. The highest BCUT2D eigenvalue weighted by molar-refractivity contribution is 5.85. The molecule has 3 nitrogen and oxygen atoms in total. The van der Waals surface area contributed by atoms with Gasteiger partial charge in [-0.25, -0.2) is 4.39 Å². The number of rotatable bonds is 1. The Hall–Kier alpha value is -2.05. The fourth-order valence-electron chi connectivity index (χ4n) is 1.87. The van der Waals surface area contributed by atoms with Crippen LogP contribution in [0.2, 0.25) is 0 Å². The molecule has 7 heteroatoms. The number of halogens is 4. The number of benzene rings is 1. The van der Waals surface area contributed by atoms with E-state index in [1.54, 1.807) is 0 Å². The molecule has 0 bridgehead atoms. The molecule has 1 aromatic heterocycles. The zero-order valence-electron chi connectivity index (χ0n) is 9.98. The lowest BCUT2D eigenvalue weighted by molar-refractivity contribution is -0.141. The summed E-state index contributed by atoms with van der Waals surface area (Å²) < 4.78 is 56.4. The monoisotopic (exact) mass is 275 g/mol. The Kier molecular flexibility index (Phi) is 3.00. The van der Waals surface area contributed by atoms with E-state index in [0.29, 0.717) is 0 Å². The normalized spacial score (nSPS) is 11.9. The lowest BCUT2D eigenvalue weighted by atomic mass is 10.1. The van der Waals surface area contributed by atoms with Crippen LogP contribution in [-0.4, -0.2) is 12.1 Å². The maximum Gasteiger partial charge on any atom is 0.431 e. The quantitative estimate of drug-likeness (QED) is 0.813.